The Morgan fingerprint density at radius 1 is 1.35 bits per heavy atom. The lowest BCUT2D eigenvalue weighted by molar-refractivity contribution is 0.0623. The van der Waals surface area contributed by atoms with Crippen LogP contribution in [0, 0.1) is 6.92 Å². The Morgan fingerprint density at radius 3 is 2.75 bits per heavy atom. The molecule has 5 heteroatoms. The minimum atomic E-state index is 0.281. The summed E-state index contributed by atoms with van der Waals surface area (Å²) in [6.07, 6.45) is 1.37. The van der Waals surface area contributed by atoms with Crippen LogP contribution < -0.4 is 5.32 Å². The minimum Gasteiger partial charge on any atom is -0.377 e. The Hall–Kier alpha value is -1.20. The molecule has 0 unspecified atom stereocenters. The zero-order valence-electron chi connectivity index (χ0n) is 13.4. The number of rotatable bonds is 9. The maximum absolute atomic E-state index is 5.56. The summed E-state index contributed by atoms with van der Waals surface area (Å²) in [5, 5.41) is 3.31. The topological polar surface area (TPSA) is 50.3 Å². The van der Waals surface area contributed by atoms with Crippen molar-refractivity contribution < 1.29 is 4.74 Å². The van der Waals surface area contributed by atoms with Crippen molar-refractivity contribution in [3.05, 3.63) is 17.6 Å². The number of hydrogen-bond donors (Lipinski definition) is 1. The van der Waals surface area contributed by atoms with Gasteiger partial charge in [0, 0.05) is 24.8 Å². The van der Waals surface area contributed by atoms with Gasteiger partial charge in [0.15, 0.2) is 0 Å². The van der Waals surface area contributed by atoms with Gasteiger partial charge in [-0.05, 0) is 34.2 Å². The van der Waals surface area contributed by atoms with E-state index in [2.05, 4.69) is 48.0 Å². The Kier molecular flexibility index (Phi) is 7.47. The van der Waals surface area contributed by atoms with Crippen molar-refractivity contribution in [2.24, 2.45) is 0 Å². The minimum absolute atomic E-state index is 0.281. The molecule has 0 saturated carbocycles. The van der Waals surface area contributed by atoms with E-state index in [1.807, 2.05) is 13.0 Å². The summed E-state index contributed by atoms with van der Waals surface area (Å²) in [4.78, 5) is 11.2. The number of nitrogens with one attached hydrogen (secondary N) is 1. The molecule has 0 atom stereocenters. The van der Waals surface area contributed by atoms with Crippen LogP contribution in [0.5, 0.6) is 0 Å². The van der Waals surface area contributed by atoms with Gasteiger partial charge in [-0.3, -0.25) is 4.90 Å². The lowest BCUT2D eigenvalue weighted by Crippen LogP contribution is -2.25. The first-order valence-electron chi connectivity index (χ1n) is 7.39. The first-order chi connectivity index (χ1) is 9.51. The molecule has 1 aromatic rings. The first kappa shape index (κ1) is 16.9. The highest BCUT2D eigenvalue weighted by Gasteiger charge is 2.06. The number of anilines is 1. The molecular weight excluding hydrogens is 252 g/mol. The van der Waals surface area contributed by atoms with E-state index in [1.165, 1.54) is 0 Å². The van der Waals surface area contributed by atoms with Crippen LogP contribution in [0.15, 0.2) is 6.07 Å². The van der Waals surface area contributed by atoms with Crippen molar-refractivity contribution in [1.29, 1.82) is 0 Å². The summed E-state index contributed by atoms with van der Waals surface area (Å²) in [6, 6.07) is 1.99. The van der Waals surface area contributed by atoms with E-state index in [0.29, 0.717) is 0 Å². The standard InChI is InChI=1S/C15H28N4O/c1-6-7-16-14-10-13(4)17-15(18-14)11-19(5)8-9-20-12(2)3/h10,12H,6-9,11H2,1-5H3,(H,16,17,18). The summed E-state index contributed by atoms with van der Waals surface area (Å²) in [6.45, 7) is 11.5. The fourth-order valence-corrected chi connectivity index (χ4v) is 1.81. The van der Waals surface area contributed by atoms with Crippen LogP contribution in [0.3, 0.4) is 0 Å². The molecule has 0 fully saturated rings. The quantitative estimate of drug-likeness (QED) is 0.753. The average Bonchev–Trinajstić information content (AvgIpc) is 2.35. The third-order valence-electron chi connectivity index (χ3n) is 2.79. The van der Waals surface area contributed by atoms with Crippen molar-refractivity contribution in [3.8, 4) is 0 Å². The summed E-state index contributed by atoms with van der Waals surface area (Å²) in [5.74, 6) is 1.77. The molecule has 1 rings (SSSR count). The number of ether oxygens (including phenoxy) is 1. The van der Waals surface area contributed by atoms with Crippen LogP contribution in [0.2, 0.25) is 0 Å². The van der Waals surface area contributed by atoms with Gasteiger partial charge >= 0.3 is 0 Å². The molecule has 0 aliphatic rings. The number of likely N-dealkylation sites (N-methyl/N-ethyl adjacent to an activating group) is 1. The molecule has 0 radical (unpaired) electrons. The summed E-state index contributed by atoms with van der Waals surface area (Å²) >= 11 is 0. The van der Waals surface area contributed by atoms with Gasteiger partial charge in [-0.25, -0.2) is 9.97 Å². The van der Waals surface area contributed by atoms with Crippen LogP contribution in [0.1, 0.15) is 38.7 Å². The number of aryl methyl sites for hydroxylation is 1. The third kappa shape index (κ3) is 6.82. The number of nitrogens with zero attached hydrogens (tertiary/aromatic N) is 3. The van der Waals surface area contributed by atoms with Crippen LogP contribution in [0.25, 0.3) is 0 Å². The molecule has 0 aromatic carbocycles. The molecule has 0 amide bonds. The maximum Gasteiger partial charge on any atom is 0.144 e. The van der Waals surface area contributed by atoms with Gasteiger partial charge in [0.05, 0.1) is 19.3 Å². The van der Waals surface area contributed by atoms with E-state index in [0.717, 1.165) is 50.0 Å². The van der Waals surface area contributed by atoms with Crippen LogP contribution in [-0.4, -0.2) is 47.7 Å². The highest BCUT2D eigenvalue weighted by atomic mass is 16.5. The Balaban J connectivity index is 2.51. The zero-order valence-corrected chi connectivity index (χ0v) is 13.4. The summed E-state index contributed by atoms with van der Waals surface area (Å²) in [7, 11) is 2.06. The molecule has 0 saturated heterocycles. The van der Waals surface area contributed by atoms with Gasteiger partial charge in [0.2, 0.25) is 0 Å². The van der Waals surface area contributed by atoms with Gasteiger partial charge < -0.3 is 10.1 Å². The molecule has 0 spiro atoms. The molecule has 1 N–H and O–H groups in total. The van der Waals surface area contributed by atoms with Crippen molar-refractivity contribution in [3.63, 3.8) is 0 Å². The van der Waals surface area contributed by atoms with Crippen LogP contribution in [-0.2, 0) is 11.3 Å². The average molecular weight is 280 g/mol. The molecule has 20 heavy (non-hydrogen) atoms. The van der Waals surface area contributed by atoms with Gasteiger partial charge in [-0.15, -0.1) is 0 Å². The maximum atomic E-state index is 5.56. The van der Waals surface area contributed by atoms with Gasteiger partial charge in [0.25, 0.3) is 0 Å². The summed E-state index contributed by atoms with van der Waals surface area (Å²) in [5.41, 5.74) is 1.00. The van der Waals surface area contributed by atoms with E-state index in [1.54, 1.807) is 0 Å². The van der Waals surface area contributed by atoms with Gasteiger partial charge in [-0.1, -0.05) is 6.92 Å². The highest BCUT2D eigenvalue weighted by Crippen LogP contribution is 2.07. The Bertz CT molecular complexity index is 395. The molecular formula is C15H28N4O. The van der Waals surface area contributed by atoms with E-state index in [4.69, 9.17) is 4.74 Å². The molecule has 1 aromatic heterocycles. The molecule has 5 nitrogen and oxygen atoms in total. The van der Waals surface area contributed by atoms with Crippen LogP contribution >= 0.6 is 0 Å². The summed E-state index contributed by atoms with van der Waals surface area (Å²) < 4.78 is 5.56. The Morgan fingerprint density at radius 2 is 2.10 bits per heavy atom. The van der Waals surface area contributed by atoms with Crippen molar-refractivity contribution >= 4 is 5.82 Å². The lowest BCUT2D eigenvalue weighted by Gasteiger charge is -2.17. The highest BCUT2D eigenvalue weighted by molar-refractivity contribution is 5.35. The van der Waals surface area contributed by atoms with Crippen LogP contribution in [0.4, 0.5) is 5.82 Å². The predicted molar refractivity (Wildman–Crippen MR) is 83.0 cm³/mol. The fraction of sp³-hybridized carbons (Fsp3) is 0.733. The van der Waals surface area contributed by atoms with E-state index in [9.17, 15) is 0 Å². The van der Waals surface area contributed by atoms with Crippen molar-refractivity contribution in [2.45, 2.75) is 46.8 Å². The van der Waals surface area contributed by atoms with E-state index < -0.39 is 0 Å². The normalized spacial score (nSPS) is 11.3. The number of aromatic nitrogens is 2. The second-order valence-corrected chi connectivity index (χ2v) is 5.39. The molecule has 1 heterocycles. The predicted octanol–water partition coefficient (Wildman–Crippen LogP) is 2.46. The fourth-order valence-electron chi connectivity index (χ4n) is 1.81. The second kappa shape index (κ2) is 8.87. The SMILES string of the molecule is CCCNc1cc(C)nc(CN(C)CCOC(C)C)n1. The Labute approximate surface area is 122 Å². The molecule has 0 aliphatic heterocycles. The largest absolute Gasteiger partial charge is 0.377 e. The molecule has 0 bridgehead atoms. The molecule has 0 aliphatic carbocycles. The monoisotopic (exact) mass is 280 g/mol. The van der Waals surface area contributed by atoms with Crippen molar-refractivity contribution in [1.82, 2.24) is 14.9 Å². The smallest absolute Gasteiger partial charge is 0.144 e. The first-order valence-corrected chi connectivity index (χ1v) is 7.39. The van der Waals surface area contributed by atoms with E-state index >= 15 is 0 Å². The van der Waals surface area contributed by atoms with Gasteiger partial charge in [-0.2, -0.15) is 0 Å². The second-order valence-electron chi connectivity index (χ2n) is 5.39. The van der Waals surface area contributed by atoms with Crippen molar-refractivity contribution in [2.75, 3.05) is 32.1 Å². The molecule has 114 valence electrons. The van der Waals surface area contributed by atoms with E-state index in [-0.39, 0.29) is 6.10 Å². The lowest BCUT2D eigenvalue weighted by atomic mass is 10.3. The third-order valence-corrected chi connectivity index (χ3v) is 2.79. The van der Waals surface area contributed by atoms with Gasteiger partial charge in [0.1, 0.15) is 11.6 Å². The number of hydrogen-bond acceptors (Lipinski definition) is 5. The zero-order chi connectivity index (χ0) is 15.0.